The van der Waals surface area contributed by atoms with Crippen LogP contribution < -0.4 is 10.1 Å². The lowest BCUT2D eigenvalue weighted by atomic mass is 10.1. The predicted octanol–water partition coefficient (Wildman–Crippen LogP) is 1.55. The summed E-state index contributed by atoms with van der Waals surface area (Å²) >= 11 is 4.08. The molecule has 1 aromatic carbocycles. The third kappa shape index (κ3) is 2.09. The van der Waals surface area contributed by atoms with E-state index in [0.29, 0.717) is 6.61 Å². The van der Waals surface area contributed by atoms with Crippen LogP contribution in [0.1, 0.15) is 18.5 Å². The number of para-hydroxylation sites is 1. The average molecular weight is 223 g/mol. The van der Waals surface area contributed by atoms with E-state index < -0.39 is 0 Å². The number of fused-ring (bicyclic) bond motifs is 1. The largest absolute Gasteiger partial charge is 0.491 e. The highest BCUT2D eigenvalue weighted by Crippen LogP contribution is 2.31. The Hall–Kier alpha value is -1.16. The monoisotopic (exact) mass is 223 g/mol. The van der Waals surface area contributed by atoms with Gasteiger partial charge in [0, 0.05) is 5.56 Å². The number of amides is 1. The molecule has 0 bridgehead atoms. The molecule has 0 saturated heterocycles. The van der Waals surface area contributed by atoms with Crippen LogP contribution in [0.4, 0.5) is 0 Å². The molecule has 1 aliphatic rings. The summed E-state index contributed by atoms with van der Waals surface area (Å²) in [5.74, 6) is 0.790. The fourth-order valence-electron chi connectivity index (χ4n) is 1.57. The first kappa shape index (κ1) is 10.4. The van der Waals surface area contributed by atoms with Gasteiger partial charge in [0.05, 0.1) is 11.3 Å². The normalized spacial score (nSPS) is 20.3. The molecular formula is C11H13NO2S. The van der Waals surface area contributed by atoms with Crippen molar-refractivity contribution in [2.75, 3.05) is 6.61 Å². The summed E-state index contributed by atoms with van der Waals surface area (Å²) in [6.45, 7) is 2.26. The maximum atomic E-state index is 11.5. The summed E-state index contributed by atoms with van der Waals surface area (Å²) in [7, 11) is 0. The first-order valence-corrected chi connectivity index (χ1v) is 5.40. The van der Waals surface area contributed by atoms with Crippen molar-refractivity contribution in [1.29, 1.82) is 0 Å². The molecule has 0 aromatic heterocycles. The molecule has 2 rings (SSSR count). The number of rotatable bonds is 2. The van der Waals surface area contributed by atoms with E-state index >= 15 is 0 Å². The standard InChI is InChI=1S/C11H13NO2S/c1-7(15)11(13)12-9-6-14-10-5-3-2-4-8(9)10/h2-5,7,9,15H,6H2,1H3,(H,12,13). The smallest absolute Gasteiger partial charge is 0.233 e. The minimum atomic E-state index is -0.294. The van der Waals surface area contributed by atoms with Gasteiger partial charge in [-0.3, -0.25) is 4.79 Å². The highest BCUT2D eigenvalue weighted by Gasteiger charge is 2.25. The number of carbonyl (C=O) groups is 1. The van der Waals surface area contributed by atoms with Crippen LogP contribution in [0.5, 0.6) is 5.75 Å². The van der Waals surface area contributed by atoms with Crippen LogP contribution in [0.15, 0.2) is 24.3 Å². The summed E-state index contributed by atoms with van der Waals surface area (Å²) in [5.41, 5.74) is 1.04. The minimum Gasteiger partial charge on any atom is -0.491 e. The van der Waals surface area contributed by atoms with Crippen molar-refractivity contribution in [1.82, 2.24) is 5.32 Å². The van der Waals surface area contributed by atoms with Gasteiger partial charge in [0.2, 0.25) is 5.91 Å². The van der Waals surface area contributed by atoms with E-state index in [1.807, 2.05) is 24.3 Å². The molecule has 2 atom stereocenters. The van der Waals surface area contributed by atoms with Crippen molar-refractivity contribution in [2.45, 2.75) is 18.2 Å². The van der Waals surface area contributed by atoms with E-state index in [1.54, 1.807) is 6.92 Å². The molecule has 0 saturated carbocycles. The zero-order valence-electron chi connectivity index (χ0n) is 8.43. The number of ether oxygens (including phenoxy) is 1. The Kier molecular flexibility index (Phi) is 2.86. The van der Waals surface area contributed by atoms with Crippen molar-refractivity contribution >= 4 is 18.5 Å². The average Bonchev–Trinajstić information content (AvgIpc) is 2.62. The van der Waals surface area contributed by atoms with Gasteiger partial charge in [-0.1, -0.05) is 18.2 Å². The van der Waals surface area contributed by atoms with Gasteiger partial charge < -0.3 is 10.1 Å². The SMILES string of the molecule is CC(S)C(=O)NC1COc2ccccc21. The molecule has 1 amide bonds. The van der Waals surface area contributed by atoms with Gasteiger partial charge in [-0.15, -0.1) is 0 Å². The molecule has 2 unspecified atom stereocenters. The Morgan fingerprint density at radius 1 is 1.60 bits per heavy atom. The Balaban J connectivity index is 2.11. The summed E-state index contributed by atoms with van der Waals surface area (Å²) in [6, 6.07) is 7.70. The Labute approximate surface area is 94.2 Å². The van der Waals surface area contributed by atoms with E-state index in [1.165, 1.54) is 0 Å². The molecule has 0 radical (unpaired) electrons. The van der Waals surface area contributed by atoms with Gasteiger partial charge in [-0.25, -0.2) is 0 Å². The lowest BCUT2D eigenvalue weighted by Crippen LogP contribution is -2.34. The number of hydrogen-bond donors (Lipinski definition) is 2. The van der Waals surface area contributed by atoms with Crippen molar-refractivity contribution < 1.29 is 9.53 Å². The van der Waals surface area contributed by atoms with Crippen LogP contribution in [0.25, 0.3) is 0 Å². The van der Waals surface area contributed by atoms with Gasteiger partial charge >= 0.3 is 0 Å². The van der Waals surface area contributed by atoms with E-state index in [0.717, 1.165) is 11.3 Å². The molecule has 80 valence electrons. The molecule has 0 fully saturated rings. The maximum Gasteiger partial charge on any atom is 0.233 e. The zero-order chi connectivity index (χ0) is 10.8. The molecule has 1 aliphatic heterocycles. The quantitative estimate of drug-likeness (QED) is 0.747. The topological polar surface area (TPSA) is 38.3 Å². The molecule has 1 N–H and O–H groups in total. The van der Waals surface area contributed by atoms with Gasteiger partial charge in [0.1, 0.15) is 12.4 Å². The van der Waals surface area contributed by atoms with Gasteiger partial charge in [-0.2, -0.15) is 12.6 Å². The number of thiol groups is 1. The molecular weight excluding hydrogens is 210 g/mol. The fourth-order valence-corrected chi connectivity index (χ4v) is 1.65. The van der Waals surface area contributed by atoms with E-state index in [9.17, 15) is 4.79 Å². The molecule has 4 heteroatoms. The Morgan fingerprint density at radius 3 is 3.07 bits per heavy atom. The number of nitrogens with one attached hydrogen (secondary N) is 1. The van der Waals surface area contributed by atoms with Gasteiger partial charge in [-0.05, 0) is 13.0 Å². The fraction of sp³-hybridized carbons (Fsp3) is 0.364. The molecule has 15 heavy (non-hydrogen) atoms. The summed E-state index contributed by atoms with van der Waals surface area (Å²) in [6.07, 6.45) is 0. The predicted molar refractivity (Wildman–Crippen MR) is 61.3 cm³/mol. The molecule has 1 heterocycles. The van der Waals surface area contributed by atoms with E-state index in [2.05, 4.69) is 17.9 Å². The van der Waals surface area contributed by atoms with Crippen LogP contribution in [-0.2, 0) is 4.79 Å². The second-order valence-electron chi connectivity index (χ2n) is 3.59. The van der Waals surface area contributed by atoms with E-state index in [4.69, 9.17) is 4.74 Å². The second kappa shape index (κ2) is 4.14. The minimum absolute atomic E-state index is 0.0386. The van der Waals surface area contributed by atoms with Crippen LogP contribution in [0.3, 0.4) is 0 Å². The number of benzene rings is 1. The van der Waals surface area contributed by atoms with Crippen LogP contribution >= 0.6 is 12.6 Å². The van der Waals surface area contributed by atoms with E-state index in [-0.39, 0.29) is 17.2 Å². The molecule has 0 spiro atoms. The number of carbonyl (C=O) groups excluding carboxylic acids is 1. The molecule has 1 aromatic rings. The summed E-state index contributed by atoms with van der Waals surface area (Å²) in [5, 5.41) is 2.60. The van der Waals surface area contributed by atoms with Crippen LogP contribution in [0.2, 0.25) is 0 Å². The molecule has 3 nitrogen and oxygen atoms in total. The molecule has 0 aliphatic carbocycles. The highest BCUT2D eigenvalue weighted by atomic mass is 32.1. The zero-order valence-corrected chi connectivity index (χ0v) is 9.33. The van der Waals surface area contributed by atoms with Crippen LogP contribution in [0, 0.1) is 0 Å². The van der Waals surface area contributed by atoms with Gasteiger partial charge in [0.25, 0.3) is 0 Å². The number of hydrogen-bond acceptors (Lipinski definition) is 3. The third-order valence-corrected chi connectivity index (χ3v) is 2.63. The third-order valence-electron chi connectivity index (χ3n) is 2.40. The lowest BCUT2D eigenvalue weighted by molar-refractivity contribution is -0.121. The van der Waals surface area contributed by atoms with Crippen LogP contribution in [-0.4, -0.2) is 17.8 Å². The lowest BCUT2D eigenvalue weighted by Gasteiger charge is -2.12. The van der Waals surface area contributed by atoms with Gasteiger partial charge in [0.15, 0.2) is 0 Å². The van der Waals surface area contributed by atoms with Crippen molar-refractivity contribution in [3.63, 3.8) is 0 Å². The highest BCUT2D eigenvalue weighted by molar-refractivity contribution is 7.81. The first-order chi connectivity index (χ1) is 7.18. The van der Waals surface area contributed by atoms with Crippen molar-refractivity contribution in [2.24, 2.45) is 0 Å². The van der Waals surface area contributed by atoms with Crippen molar-refractivity contribution in [3.8, 4) is 5.75 Å². The Morgan fingerprint density at radius 2 is 2.33 bits per heavy atom. The Bertz CT molecular complexity index is 379. The first-order valence-electron chi connectivity index (χ1n) is 4.88. The summed E-state index contributed by atoms with van der Waals surface area (Å²) < 4.78 is 5.45. The second-order valence-corrected chi connectivity index (χ2v) is 4.36. The summed E-state index contributed by atoms with van der Waals surface area (Å²) in [4.78, 5) is 11.5. The van der Waals surface area contributed by atoms with Crippen molar-refractivity contribution in [3.05, 3.63) is 29.8 Å². The maximum absolute atomic E-state index is 11.5.